The molecule has 0 bridgehead atoms. The number of rotatable bonds is 3. The number of hydrogen-bond acceptors (Lipinski definition) is 4. The van der Waals surface area contributed by atoms with Crippen molar-refractivity contribution in [3.05, 3.63) is 47.9 Å². The van der Waals surface area contributed by atoms with Gasteiger partial charge in [-0.3, -0.25) is 4.79 Å². The normalized spacial score (nSPS) is 15.3. The van der Waals surface area contributed by atoms with Crippen LogP contribution < -0.4 is 15.4 Å². The van der Waals surface area contributed by atoms with Crippen LogP contribution in [0.3, 0.4) is 0 Å². The molecule has 1 unspecified atom stereocenters. The maximum Gasteiger partial charge on any atom is 0.262 e. The molecule has 1 aromatic carbocycles. The molecular formula is C14H14N2O3. The first-order valence-corrected chi connectivity index (χ1v) is 6.05. The molecule has 1 aliphatic rings. The van der Waals surface area contributed by atoms with E-state index in [1.54, 1.807) is 6.26 Å². The summed E-state index contributed by atoms with van der Waals surface area (Å²) in [5.74, 6) is 1.38. The van der Waals surface area contributed by atoms with Gasteiger partial charge in [0.15, 0.2) is 6.61 Å². The van der Waals surface area contributed by atoms with Gasteiger partial charge in [-0.05, 0) is 36.9 Å². The van der Waals surface area contributed by atoms with Gasteiger partial charge in [0.05, 0.1) is 18.0 Å². The Kier molecular flexibility index (Phi) is 2.97. The molecule has 5 nitrogen and oxygen atoms in total. The fraction of sp³-hybridized carbons (Fsp3) is 0.214. The Balaban J connectivity index is 1.97. The Morgan fingerprint density at radius 3 is 3.00 bits per heavy atom. The summed E-state index contributed by atoms with van der Waals surface area (Å²) in [6.45, 7) is 0.0694. The Hall–Kier alpha value is -2.27. The number of carbonyl (C=O) groups excluding carboxylic acids is 1. The summed E-state index contributed by atoms with van der Waals surface area (Å²) in [4.78, 5) is 11.3. The zero-order valence-electron chi connectivity index (χ0n) is 10.5. The fourth-order valence-corrected chi connectivity index (χ4v) is 2.21. The number of benzene rings is 1. The zero-order chi connectivity index (χ0) is 13.2. The molecule has 3 rings (SSSR count). The predicted molar refractivity (Wildman–Crippen MR) is 70.2 cm³/mol. The topological polar surface area (TPSA) is 63.5 Å². The van der Waals surface area contributed by atoms with Crippen molar-refractivity contribution in [2.45, 2.75) is 6.04 Å². The van der Waals surface area contributed by atoms with Gasteiger partial charge in [0.2, 0.25) is 0 Å². The van der Waals surface area contributed by atoms with Crippen molar-refractivity contribution in [1.29, 1.82) is 0 Å². The standard InChI is InChI=1S/C14H14N2O3/c1-15-14(12-3-2-6-18-12)9-4-5-11-10(7-9)16-13(17)8-19-11/h2-7,14-15H,8H2,1H3,(H,16,17). The van der Waals surface area contributed by atoms with E-state index in [-0.39, 0.29) is 18.6 Å². The number of nitrogens with one attached hydrogen (secondary N) is 2. The molecule has 19 heavy (non-hydrogen) atoms. The van der Waals surface area contributed by atoms with Crippen LogP contribution in [0.25, 0.3) is 0 Å². The van der Waals surface area contributed by atoms with Gasteiger partial charge >= 0.3 is 0 Å². The molecule has 0 spiro atoms. The summed E-state index contributed by atoms with van der Waals surface area (Å²) in [6, 6.07) is 9.42. The Morgan fingerprint density at radius 1 is 1.37 bits per heavy atom. The maximum absolute atomic E-state index is 11.3. The van der Waals surface area contributed by atoms with Crippen LogP contribution in [0.2, 0.25) is 0 Å². The van der Waals surface area contributed by atoms with Gasteiger partial charge in [-0.2, -0.15) is 0 Å². The van der Waals surface area contributed by atoms with E-state index >= 15 is 0 Å². The first kappa shape index (κ1) is 11.8. The smallest absolute Gasteiger partial charge is 0.262 e. The van der Waals surface area contributed by atoms with Crippen LogP contribution in [0.5, 0.6) is 5.75 Å². The van der Waals surface area contributed by atoms with Crippen LogP contribution >= 0.6 is 0 Å². The maximum atomic E-state index is 11.3. The van der Waals surface area contributed by atoms with Crippen molar-refractivity contribution in [1.82, 2.24) is 5.32 Å². The average molecular weight is 258 g/mol. The van der Waals surface area contributed by atoms with E-state index in [0.29, 0.717) is 11.4 Å². The van der Waals surface area contributed by atoms with Crippen LogP contribution in [0.15, 0.2) is 41.0 Å². The molecule has 0 radical (unpaired) electrons. The molecule has 1 aromatic heterocycles. The van der Waals surface area contributed by atoms with Gasteiger partial charge in [-0.15, -0.1) is 0 Å². The zero-order valence-corrected chi connectivity index (χ0v) is 10.5. The Morgan fingerprint density at radius 2 is 2.26 bits per heavy atom. The summed E-state index contributed by atoms with van der Waals surface area (Å²) in [6.07, 6.45) is 1.64. The number of hydrogen-bond donors (Lipinski definition) is 2. The minimum absolute atomic E-state index is 0.0564. The largest absolute Gasteiger partial charge is 0.482 e. The summed E-state index contributed by atoms with van der Waals surface area (Å²) in [5, 5.41) is 5.99. The molecular weight excluding hydrogens is 244 g/mol. The van der Waals surface area contributed by atoms with Crippen molar-refractivity contribution in [2.24, 2.45) is 0 Å². The fourth-order valence-electron chi connectivity index (χ4n) is 2.21. The third kappa shape index (κ3) is 2.20. The van der Waals surface area contributed by atoms with E-state index in [2.05, 4.69) is 10.6 Å². The molecule has 0 saturated carbocycles. The van der Waals surface area contributed by atoms with Crippen molar-refractivity contribution in [3.8, 4) is 5.75 Å². The minimum Gasteiger partial charge on any atom is -0.482 e. The van der Waals surface area contributed by atoms with E-state index in [1.807, 2.05) is 37.4 Å². The summed E-state index contributed by atoms with van der Waals surface area (Å²) >= 11 is 0. The first-order chi connectivity index (χ1) is 9.28. The van der Waals surface area contributed by atoms with Gasteiger partial charge < -0.3 is 19.8 Å². The summed E-state index contributed by atoms with van der Waals surface area (Å²) in [7, 11) is 1.86. The molecule has 5 heteroatoms. The quantitative estimate of drug-likeness (QED) is 0.882. The SMILES string of the molecule is CNC(c1ccc2c(c1)NC(=O)CO2)c1ccco1. The van der Waals surface area contributed by atoms with Gasteiger partial charge in [0.25, 0.3) is 5.91 Å². The monoisotopic (exact) mass is 258 g/mol. The second-order valence-corrected chi connectivity index (χ2v) is 4.33. The van der Waals surface area contributed by atoms with Crippen molar-refractivity contribution < 1.29 is 13.9 Å². The number of anilines is 1. The third-order valence-electron chi connectivity index (χ3n) is 3.09. The van der Waals surface area contributed by atoms with Crippen LogP contribution in [0.4, 0.5) is 5.69 Å². The van der Waals surface area contributed by atoms with E-state index in [1.165, 1.54) is 0 Å². The highest BCUT2D eigenvalue weighted by atomic mass is 16.5. The molecule has 98 valence electrons. The van der Waals surface area contributed by atoms with Crippen LogP contribution in [0.1, 0.15) is 17.4 Å². The number of fused-ring (bicyclic) bond motifs is 1. The van der Waals surface area contributed by atoms with Crippen LogP contribution in [-0.2, 0) is 4.79 Å². The van der Waals surface area contributed by atoms with Gasteiger partial charge in [-0.25, -0.2) is 0 Å². The van der Waals surface area contributed by atoms with Gasteiger partial charge in [0.1, 0.15) is 11.5 Å². The highest BCUT2D eigenvalue weighted by Gasteiger charge is 2.20. The highest BCUT2D eigenvalue weighted by molar-refractivity contribution is 5.95. The highest BCUT2D eigenvalue weighted by Crippen LogP contribution is 2.32. The molecule has 0 fully saturated rings. The molecule has 2 heterocycles. The van der Waals surface area contributed by atoms with E-state index in [9.17, 15) is 4.79 Å². The van der Waals surface area contributed by atoms with Crippen molar-refractivity contribution in [3.63, 3.8) is 0 Å². The van der Waals surface area contributed by atoms with E-state index in [0.717, 1.165) is 11.3 Å². The molecule has 1 aliphatic heterocycles. The Labute approximate surface area is 110 Å². The number of amides is 1. The summed E-state index contributed by atoms with van der Waals surface area (Å²) < 4.78 is 10.8. The lowest BCUT2D eigenvalue weighted by Gasteiger charge is -2.21. The second-order valence-electron chi connectivity index (χ2n) is 4.33. The van der Waals surface area contributed by atoms with Crippen molar-refractivity contribution in [2.75, 3.05) is 19.0 Å². The van der Waals surface area contributed by atoms with E-state index in [4.69, 9.17) is 9.15 Å². The lowest BCUT2D eigenvalue weighted by molar-refractivity contribution is -0.118. The molecule has 2 aromatic rings. The third-order valence-corrected chi connectivity index (χ3v) is 3.09. The second kappa shape index (κ2) is 4.78. The van der Waals surface area contributed by atoms with Gasteiger partial charge in [-0.1, -0.05) is 6.07 Å². The van der Waals surface area contributed by atoms with E-state index < -0.39 is 0 Å². The Bertz CT molecular complexity index is 593. The lowest BCUT2D eigenvalue weighted by Crippen LogP contribution is -2.26. The van der Waals surface area contributed by atoms with Crippen LogP contribution in [-0.4, -0.2) is 19.6 Å². The predicted octanol–water partition coefficient (Wildman–Crippen LogP) is 1.92. The first-order valence-electron chi connectivity index (χ1n) is 6.05. The number of ether oxygens (including phenoxy) is 1. The number of carbonyl (C=O) groups is 1. The molecule has 1 atom stereocenters. The van der Waals surface area contributed by atoms with Gasteiger partial charge in [0, 0.05) is 0 Å². The lowest BCUT2D eigenvalue weighted by atomic mass is 10.0. The number of furan rings is 1. The van der Waals surface area contributed by atoms with Crippen molar-refractivity contribution >= 4 is 11.6 Å². The molecule has 0 saturated heterocycles. The minimum atomic E-state index is -0.136. The summed E-state index contributed by atoms with van der Waals surface area (Å²) in [5.41, 5.74) is 1.70. The van der Waals surface area contributed by atoms with Crippen LogP contribution in [0, 0.1) is 0 Å². The molecule has 0 aliphatic carbocycles. The molecule has 1 amide bonds. The molecule has 2 N–H and O–H groups in total. The average Bonchev–Trinajstić information content (AvgIpc) is 2.93.